The Balaban J connectivity index is 1.48. The van der Waals surface area contributed by atoms with E-state index >= 15 is 0 Å². The zero-order chi connectivity index (χ0) is 17.9. The fraction of sp³-hybridized carbons (Fsp3) is 0.150. The van der Waals surface area contributed by atoms with Crippen molar-refractivity contribution in [1.82, 2.24) is 19.9 Å². The molecule has 0 aliphatic carbocycles. The van der Waals surface area contributed by atoms with Crippen LogP contribution in [0.15, 0.2) is 66.9 Å². The third-order valence-corrected chi connectivity index (χ3v) is 4.39. The number of para-hydroxylation sites is 1. The van der Waals surface area contributed by atoms with E-state index in [0.29, 0.717) is 12.1 Å². The number of anilines is 1. The highest BCUT2D eigenvalue weighted by molar-refractivity contribution is 6.01. The summed E-state index contributed by atoms with van der Waals surface area (Å²) in [6.07, 6.45) is 5.47. The Bertz CT molecular complexity index is 948. The minimum absolute atomic E-state index is 0.00160. The minimum atomic E-state index is -0.225. The van der Waals surface area contributed by atoms with E-state index in [2.05, 4.69) is 27.8 Å². The molecule has 1 aliphatic heterocycles. The number of likely N-dealkylation sites (N-methyl/N-ethyl adjacent to an activating group) is 1. The molecule has 2 aromatic carbocycles. The Kier molecular flexibility index (Phi) is 4.23. The second kappa shape index (κ2) is 6.84. The molecule has 0 bridgehead atoms. The molecule has 4 rings (SSSR count). The van der Waals surface area contributed by atoms with Crippen molar-refractivity contribution in [2.45, 2.75) is 12.7 Å². The third-order valence-electron chi connectivity index (χ3n) is 4.39. The number of fused-ring (bicyclic) bond motifs is 1. The average molecular weight is 345 g/mol. The Hall–Kier alpha value is -3.41. The zero-order valence-corrected chi connectivity index (χ0v) is 14.4. The summed E-state index contributed by atoms with van der Waals surface area (Å²) in [5.74, 6) is 0.00160. The maximum absolute atomic E-state index is 12.5. The van der Waals surface area contributed by atoms with E-state index in [9.17, 15) is 4.79 Å². The molecule has 1 atom stereocenters. The zero-order valence-electron chi connectivity index (χ0n) is 14.4. The van der Waals surface area contributed by atoms with E-state index in [-0.39, 0.29) is 12.1 Å². The van der Waals surface area contributed by atoms with Crippen molar-refractivity contribution in [3.05, 3.63) is 83.7 Å². The molecule has 0 radical (unpaired) electrons. The first-order chi connectivity index (χ1) is 12.7. The first-order valence-corrected chi connectivity index (χ1v) is 8.46. The van der Waals surface area contributed by atoms with E-state index < -0.39 is 0 Å². The smallest absolute Gasteiger partial charge is 0.257 e. The van der Waals surface area contributed by atoms with E-state index in [1.165, 1.54) is 5.56 Å². The standard InChI is InChI=1S/C20H19N5O/c1-24-19(21-18-10-6-5-9-17(18)20(24)26)12-11-16-14-25(23-22-16)13-15-7-3-2-4-8-15/h2-12,14,19,21H,13H2,1H3/b12-11+. The number of rotatable bonds is 4. The van der Waals surface area contributed by atoms with Gasteiger partial charge in [-0.25, -0.2) is 4.68 Å². The number of aromatic nitrogens is 3. The topological polar surface area (TPSA) is 63.1 Å². The predicted molar refractivity (Wildman–Crippen MR) is 101 cm³/mol. The van der Waals surface area contributed by atoms with Crippen molar-refractivity contribution in [3.8, 4) is 0 Å². The second-order valence-electron chi connectivity index (χ2n) is 6.24. The molecule has 1 aromatic heterocycles. The van der Waals surface area contributed by atoms with Crippen LogP contribution in [-0.4, -0.2) is 39.0 Å². The van der Waals surface area contributed by atoms with Crippen molar-refractivity contribution in [2.75, 3.05) is 12.4 Å². The Morgan fingerprint density at radius 2 is 1.88 bits per heavy atom. The van der Waals surface area contributed by atoms with Gasteiger partial charge in [0.1, 0.15) is 11.9 Å². The molecule has 0 saturated carbocycles. The van der Waals surface area contributed by atoms with Gasteiger partial charge in [-0.05, 0) is 29.8 Å². The number of benzene rings is 2. The van der Waals surface area contributed by atoms with E-state index in [1.807, 2.05) is 60.8 Å². The number of amides is 1. The van der Waals surface area contributed by atoms with E-state index in [1.54, 1.807) is 16.6 Å². The summed E-state index contributed by atoms with van der Waals surface area (Å²) >= 11 is 0. The molecule has 6 nitrogen and oxygen atoms in total. The van der Waals surface area contributed by atoms with E-state index in [0.717, 1.165) is 11.4 Å². The fourth-order valence-electron chi connectivity index (χ4n) is 2.97. The van der Waals surface area contributed by atoms with Crippen molar-refractivity contribution >= 4 is 17.7 Å². The molecule has 6 heteroatoms. The molecule has 2 heterocycles. The maximum atomic E-state index is 12.5. The summed E-state index contributed by atoms with van der Waals surface area (Å²) in [7, 11) is 1.78. The number of nitrogens with one attached hydrogen (secondary N) is 1. The number of nitrogens with zero attached hydrogens (tertiary/aromatic N) is 4. The summed E-state index contributed by atoms with van der Waals surface area (Å²) in [5.41, 5.74) is 3.46. The Labute approximate surface area is 151 Å². The van der Waals surface area contributed by atoms with Crippen LogP contribution >= 0.6 is 0 Å². The molecule has 130 valence electrons. The molecule has 1 amide bonds. The highest BCUT2D eigenvalue weighted by Gasteiger charge is 2.26. The van der Waals surface area contributed by atoms with Crippen LogP contribution in [0.3, 0.4) is 0 Å². The van der Waals surface area contributed by atoms with Gasteiger partial charge in [-0.15, -0.1) is 5.10 Å². The van der Waals surface area contributed by atoms with Gasteiger partial charge >= 0.3 is 0 Å². The molecular weight excluding hydrogens is 326 g/mol. The summed E-state index contributed by atoms with van der Waals surface area (Å²) in [6, 6.07) is 17.6. The van der Waals surface area contributed by atoms with Gasteiger partial charge in [0.05, 0.1) is 18.3 Å². The summed E-state index contributed by atoms with van der Waals surface area (Å²) in [4.78, 5) is 14.1. The number of carbonyl (C=O) groups is 1. The van der Waals surface area contributed by atoms with Crippen molar-refractivity contribution in [3.63, 3.8) is 0 Å². The third kappa shape index (κ3) is 3.21. The van der Waals surface area contributed by atoms with Crippen molar-refractivity contribution in [1.29, 1.82) is 0 Å². The minimum Gasteiger partial charge on any atom is -0.361 e. The van der Waals surface area contributed by atoms with Gasteiger partial charge in [0.2, 0.25) is 0 Å². The highest BCUT2D eigenvalue weighted by Crippen LogP contribution is 2.24. The van der Waals surface area contributed by atoms with Gasteiger partial charge in [0.15, 0.2) is 0 Å². The summed E-state index contributed by atoms with van der Waals surface area (Å²) < 4.78 is 1.80. The first-order valence-electron chi connectivity index (χ1n) is 8.46. The fourth-order valence-corrected chi connectivity index (χ4v) is 2.97. The normalized spacial score (nSPS) is 16.6. The van der Waals surface area contributed by atoms with Crippen LogP contribution in [0.5, 0.6) is 0 Å². The van der Waals surface area contributed by atoms with Gasteiger partial charge in [0.25, 0.3) is 5.91 Å². The number of hydrogen-bond donors (Lipinski definition) is 1. The SMILES string of the molecule is CN1C(=O)c2ccccc2NC1/C=C/c1cn(Cc2ccccc2)nn1. The van der Waals surface area contributed by atoms with Gasteiger partial charge in [0, 0.05) is 12.7 Å². The van der Waals surface area contributed by atoms with Crippen LogP contribution in [0.2, 0.25) is 0 Å². The Morgan fingerprint density at radius 1 is 1.12 bits per heavy atom. The lowest BCUT2D eigenvalue weighted by Crippen LogP contribution is -2.45. The monoisotopic (exact) mass is 345 g/mol. The predicted octanol–water partition coefficient (Wildman–Crippen LogP) is 2.86. The van der Waals surface area contributed by atoms with Gasteiger partial charge in [-0.2, -0.15) is 0 Å². The molecule has 1 aliphatic rings. The van der Waals surface area contributed by atoms with Gasteiger partial charge in [-0.1, -0.05) is 47.7 Å². The van der Waals surface area contributed by atoms with E-state index in [4.69, 9.17) is 0 Å². The maximum Gasteiger partial charge on any atom is 0.257 e. The lowest BCUT2D eigenvalue weighted by Gasteiger charge is -2.33. The first kappa shape index (κ1) is 16.1. The van der Waals surface area contributed by atoms with Gasteiger partial charge < -0.3 is 10.2 Å². The van der Waals surface area contributed by atoms with Crippen LogP contribution in [0, 0.1) is 0 Å². The molecule has 1 N–H and O–H groups in total. The summed E-state index contributed by atoms with van der Waals surface area (Å²) in [5, 5.41) is 11.7. The number of carbonyl (C=O) groups excluding carboxylic acids is 1. The molecule has 26 heavy (non-hydrogen) atoms. The summed E-state index contributed by atoms with van der Waals surface area (Å²) in [6.45, 7) is 0.676. The van der Waals surface area contributed by atoms with Crippen molar-refractivity contribution < 1.29 is 4.79 Å². The van der Waals surface area contributed by atoms with Crippen molar-refractivity contribution in [2.24, 2.45) is 0 Å². The second-order valence-corrected chi connectivity index (χ2v) is 6.24. The van der Waals surface area contributed by atoms with Crippen LogP contribution in [0.1, 0.15) is 21.6 Å². The van der Waals surface area contributed by atoms with Crippen LogP contribution in [0.25, 0.3) is 6.08 Å². The largest absolute Gasteiger partial charge is 0.361 e. The average Bonchev–Trinajstić information content (AvgIpc) is 3.12. The van der Waals surface area contributed by atoms with Crippen LogP contribution in [-0.2, 0) is 6.54 Å². The molecule has 0 spiro atoms. The highest BCUT2D eigenvalue weighted by atomic mass is 16.2. The lowest BCUT2D eigenvalue weighted by molar-refractivity contribution is 0.0763. The molecular formula is C20H19N5O. The molecule has 1 unspecified atom stereocenters. The Morgan fingerprint density at radius 3 is 2.73 bits per heavy atom. The molecule has 0 fully saturated rings. The number of hydrogen-bond acceptors (Lipinski definition) is 4. The molecule has 3 aromatic rings. The van der Waals surface area contributed by atoms with Crippen LogP contribution < -0.4 is 5.32 Å². The molecule has 0 saturated heterocycles. The van der Waals surface area contributed by atoms with Crippen LogP contribution in [0.4, 0.5) is 5.69 Å². The van der Waals surface area contributed by atoms with Gasteiger partial charge in [-0.3, -0.25) is 4.79 Å². The lowest BCUT2D eigenvalue weighted by atomic mass is 10.1. The quantitative estimate of drug-likeness (QED) is 0.790.